The number of para-hydroxylation sites is 3. The number of amidine groups is 1. The maximum Gasteiger partial charge on any atom is 0.254 e. The molecule has 8 nitrogen and oxygen atoms in total. The van der Waals surface area contributed by atoms with Gasteiger partial charge in [0.25, 0.3) is 5.91 Å². The second-order valence-corrected chi connectivity index (χ2v) is 8.70. The van der Waals surface area contributed by atoms with Crippen LogP contribution < -0.4 is 18.9 Å². The summed E-state index contributed by atoms with van der Waals surface area (Å²) in [5, 5.41) is 0. The standard InChI is InChI=1S/C27H25N3O5/c1-17-15-29(12-13-30(17)27(31)18-10-11-22-24(14-18)34-16-33-22)26-19-6-5-9-23(32-2)25(19)35-21-8-4-3-7-20(21)28-26/h3-11,14,17H,12-13,15-16H2,1-2H3. The third kappa shape index (κ3) is 3.71. The molecule has 0 aliphatic carbocycles. The Morgan fingerprint density at radius 3 is 2.71 bits per heavy atom. The van der Waals surface area contributed by atoms with Gasteiger partial charge < -0.3 is 28.7 Å². The Morgan fingerprint density at radius 1 is 1.00 bits per heavy atom. The van der Waals surface area contributed by atoms with Crippen molar-refractivity contribution in [2.45, 2.75) is 13.0 Å². The van der Waals surface area contributed by atoms with Gasteiger partial charge in [-0.15, -0.1) is 0 Å². The zero-order chi connectivity index (χ0) is 23.9. The van der Waals surface area contributed by atoms with E-state index in [-0.39, 0.29) is 18.7 Å². The smallest absolute Gasteiger partial charge is 0.254 e. The first kappa shape index (κ1) is 21.3. The molecule has 8 heteroatoms. The predicted molar refractivity (Wildman–Crippen MR) is 130 cm³/mol. The van der Waals surface area contributed by atoms with E-state index in [9.17, 15) is 4.79 Å². The van der Waals surface area contributed by atoms with Gasteiger partial charge >= 0.3 is 0 Å². The molecule has 0 bridgehead atoms. The van der Waals surface area contributed by atoms with Crippen molar-refractivity contribution >= 4 is 17.4 Å². The molecule has 3 aromatic rings. The van der Waals surface area contributed by atoms with Gasteiger partial charge in [-0.05, 0) is 49.4 Å². The molecule has 0 aromatic heterocycles. The number of rotatable bonds is 2. The van der Waals surface area contributed by atoms with Gasteiger partial charge in [0.05, 0.1) is 12.7 Å². The zero-order valence-corrected chi connectivity index (χ0v) is 19.6. The highest BCUT2D eigenvalue weighted by atomic mass is 16.7. The molecule has 3 aliphatic heterocycles. The minimum absolute atomic E-state index is 0.0194. The highest BCUT2D eigenvalue weighted by Gasteiger charge is 2.33. The molecule has 0 N–H and O–H groups in total. The number of piperazine rings is 1. The lowest BCUT2D eigenvalue weighted by Crippen LogP contribution is -2.55. The number of methoxy groups -OCH3 is 1. The van der Waals surface area contributed by atoms with E-state index in [0.29, 0.717) is 53.9 Å². The van der Waals surface area contributed by atoms with Crippen LogP contribution in [0.1, 0.15) is 22.8 Å². The first-order valence-corrected chi connectivity index (χ1v) is 11.6. The van der Waals surface area contributed by atoms with Crippen LogP contribution in [0.5, 0.6) is 28.7 Å². The van der Waals surface area contributed by atoms with Gasteiger partial charge in [0.15, 0.2) is 28.7 Å². The van der Waals surface area contributed by atoms with E-state index < -0.39 is 0 Å². The van der Waals surface area contributed by atoms with Crippen molar-refractivity contribution in [1.29, 1.82) is 0 Å². The molecule has 6 rings (SSSR count). The molecule has 1 unspecified atom stereocenters. The maximum absolute atomic E-state index is 13.3. The average Bonchev–Trinajstić information content (AvgIpc) is 3.28. The fourth-order valence-corrected chi connectivity index (χ4v) is 4.77. The monoisotopic (exact) mass is 471 g/mol. The lowest BCUT2D eigenvalue weighted by Gasteiger charge is -2.41. The van der Waals surface area contributed by atoms with Crippen molar-refractivity contribution in [2.24, 2.45) is 4.99 Å². The largest absolute Gasteiger partial charge is 0.493 e. The van der Waals surface area contributed by atoms with Crippen LogP contribution in [0.4, 0.5) is 5.69 Å². The normalized spacial score (nSPS) is 18.1. The van der Waals surface area contributed by atoms with Crippen LogP contribution in [0.25, 0.3) is 0 Å². The third-order valence-electron chi connectivity index (χ3n) is 6.55. The van der Waals surface area contributed by atoms with Gasteiger partial charge in [-0.25, -0.2) is 4.99 Å². The minimum Gasteiger partial charge on any atom is -0.493 e. The number of amides is 1. The quantitative estimate of drug-likeness (QED) is 0.550. The molecule has 1 amide bonds. The lowest BCUT2D eigenvalue weighted by molar-refractivity contribution is 0.0581. The molecule has 178 valence electrons. The summed E-state index contributed by atoms with van der Waals surface area (Å²) in [4.78, 5) is 22.5. The van der Waals surface area contributed by atoms with Crippen LogP contribution in [-0.2, 0) is 0 Å². The summed E-state index contributed by atoms with van der Waals surface area (Å²) in [6, 6.07) is 18.9. The Bertz CT molecular complexity index is 1340. The maximum atomic E-state index is 13.3. The zero-order valence-electron chi connectivity index (χ0n) is 19.6. The molecule has 0 spiro atoms. The summed E-state index contributed by atoms with van der Waals surface area (Å²) in [5.74, 6) is 4.04. The topological polar surface area (TPSA) is 72.8 Å². The number of benzene rings is 3. The van der Waals surface area contributed by atoms with Crippen LogP contribution in [-0.4, -0.2) is 61.1 Å². The Morgan fingerprint density at radius 2 is 1.86 bits per heavy atom. The van der Waals surface area contributed by atoms with E-state index in [4.69, 9.17) is 23.9 Å². The lowest BCUT2D eigenvalue weighted by atomic mass is 10.1. The van der Waals surface area contributed by atoms with E-state index in [1.807, 2.05) is 47.4 Å². The molecular formula is C27H25N3O5. The van der Waals surface area contributed by atoms with Crippen molar-refractivity contribution in [3.05, 3.63) is 71.8 Å². The first-order valence-electron chi connectivity index (χ1n) is 11.6. The number of aliphatic imine (C=N–C) groups is 1. The molecule has 1 fully saturated rings. The van der Waals surface area contributed by atoms with E-state index in [0.717, 1.165) is 17.1 Å². The van der Waals surface area contributed by atoms with E-state index in [1.54, 1.807) is 25.3 Å². The molecular weight excluding hydrogens is 446 g/mol. The summed E-state index contributed by atoms with van der Waals surface area (Å²) in [7, 11) is 1.63. The molecule has 0 saturated carbocycles. The van der Waals surface area contributed by atoms with Gasteiger partial charge in [-0.3, -0.25) is 4.79 Å². The summed E-state index contributed by atoms with van der Waals surface area (Å²) in [5.41, 5.74) is 2.22. The molecule has 0 radical (unpaired) electrons. The highest BCUT2D eigenvalue weighted by molar-refractivity contribution is 6.04. The predicted octanol–water partition coefficient (Wildman–Crippen LogP) is 4.45. The van der Waals surface area contributed by atoms with Crippen molar-refractivity contribution in [1.82, 2.24) is 9.80 Å². The second-order valence-electron chi connectivity index (χ2n) is 8.70. The Labute approximate surface area is 203 Å². The number of nitrogens with zero attached hydrogens (tertiary/aromatic N) is 3. The SMILES string of the molecule is COc1cccc2c1Oc1ccccc1N=C2N1CCN(C(=O)c2ccc3c(c2)OCO3)C(C)C1. The van der Waals surface area contributed by atoms with Crippen molar-refractivity contribution < 1.29 is 23.7 Å². The average molecular weight is 472 g/mol. The third-order valence-corrected chi connectivity index (χ3v) is 6.55. The van der Waals surface area contributed by atoms with Crippen molar-refractivity contribution in [3.8, 4) is 28.7 Å². The number of ether oxygens (including phenoxy) is 4. The number of fused-ring (bicyclic) bond motifs is 3. The van der Waals surface area contributed by atoms with Gasteiger partial charge in [0.1, 0.15) is 11.5 Å². The molecule has 1 saturated heterocycles. The molecule has 3 aromatic carbocycles. The van der Waals surface area contributed by atoms with E-state index in [1.165, 1.54) is 0 Å². The van der Waals surface area contributed by atoms with Crippen LogP contribution in [0.15, 0.2) is 65.7 Å². The van der Waals surface area contributed by atoms with Crippen LogP contribution >= 0.6 is 0 Å². The van der Waals surface area contributed by atoms with Gasteiger partial charge in [0, 0.05) is 31.2 Å². The Balaban J connectivity index is 1.30. The number of hydrogen-bond acceptors (Lipinski definition) is 7. The summed E-state index contributed by atoms with van der Waals surface area (Å²) >= 11 is 0. The second kappa shape index (κ2) is 8.54. The van der Waals surface area contributed by atoms with E-state index >= 15 is 0 Å². The number of carbonyl (C=O) groups excluding carboxylic acids is 1. The van der Waals surface area contributed by atoms with Crippen LogP contribution in [0, 0.1) is 0 Å². The molecule has 35 heavy (non-hydrogen) atoms. The number of carbonyl (C=O) groups is 1. The minimum atomic E-state index is -0.0298. The summed E-state index contributed by atoms with van der Waals surface area (Å²) in [6.07, 6.45) is 0. The molecule has 3 heterocycles. The van der Waals surface area contributed by atoms with Gasteiger partial charge in [0.2, 0.25) is 6.79 Å². The van der Waals surface area contributed by atoms with Crippen LogP contribution in [0.2, 0.25) is 0 Å². The number of hydrogen-bond donors (Lipinski definition) is 0. The van der Waals surface area contributed by atoms with Crippen molar-refractivity contribution in [2.75, 3.05) is 33.5 Å². The van der Waals surface area contributed by atoms with Gasteiger partial charge in [-0.1, -0.05) is 18.2 Å². The van der Waals surface area contributed by atoms with Gasteiger partial charge in [-0.2, -0.15) is 0 Å². The summed E-state index contributed by atoms with van der Waals surface area (Å²) in [6.45, 7) is 4.08. The fourth-order valence-electron chi connectivity index (χ4n) is 4.77. The molecule has 1 atom stereocenters. The highest BCUT2D eigenvalue weighted by Crippen LogP contribution is 2.43. The van der Waals surface area contributed by atoms with Crippen molar-refractivity contribution in [3.63, 3.8) is 0 Å². The van der Waals surface area contributed by atoms with Crippen LogP contribution in [0.3, 0.4) is 0 Å². The Hall–Kier alpha value is -4.20. The Kier molecular flexibility index (Phi) is 5.21. The fraction of sp³-hybridized carbons (Fsp3) is 0.259. The van der Waals surface area contributed by atoms with E-state index in [2.05, 4.69) is 11.8 Å². The first-order chi connectivity index (χ1) is 17.1. The summed E-state index contributed by atoms with van der Waals surface area (Å²) < 4.78 is 22.7. The molecule has 3 aliphatic rings.